The molecule has 1 N–H and O–H groups in total. The van der Waals surface area contributed by atoms with Gasteiger partial charge in [0.2, 0.25) is 0 Å². The van der Waals surface area contributed by atoms with Crippen molar-refractivity contribution in [1.82, 2.24) is 9.88 Å². The third-order valence-corrected chi connectivity index (χ3v) is 8.04. The summed E-state index contributed by atoms with van der Waals surface area (Å²) in [7, 11) is 3.33. The molecule has 216 valence electrons. The van der Waals surface area contributed by atoms with Gasteiger partial charge in [0.1, 0.15) is 5.75 Å². The number of halogens is 1. The lowest BCUT2D eigenvalue weighted by Crippen LogP contribution is -2.26. The summed E-state index contributed by atoms with van der Waals surface area (Å²) in [6.07, 6.45) is -0.140. The van der Waals surface area contributed by atoms with Gasteiger partial charge in [0, 0.05) is 29.2 Å². The van der Waals surface area contributed by atoms with E-state index in [1.54, 1.807) is 13.0 Å². The summed E-state index contributed by atoms with van der Waals surface area (Å²) in [6.45, 7) is 12.3. The summed E-state index contributed by atoms with van der Waals surface area (Å²) in [5.74, 6) is -0.149. The number of amides is 1. The summed E-state index contributed by atoms with van der Waals surface area (Å²) >= 11 is 6.35. The van der Waals surface area contributed by atoms with Crippen LogP contribution >= 0.6 is 11.6 Å². The highest BCUT2D eigenvalue weighted by molar-refractivity contribution is 6.32. The summed E-state index contributed by atoms with van der Waals surface area (Å²) < 4.78 is 12.6. The summed E-state index contributed by atoms with van der Waals surface area (Å²) in [4.78, 5) is 25.1. The number of esters is 1. The van der Waals surface area contributed by atoms with Crippen LogP contribution in [-0.2, 0) is 28.4 Å². The molecule has 0 saturated heterocycles. The van der Waals surface area contributed by atoms with Crippen LogP contribution < -0.4 is 10.1 Å². The SMILES string of the molecule is COC(=O)[C@@H](C)Oc1cc(Cc2c(C)n(C)c3cc(C(=O)N[C@@H](C)c4ccc(C(C)(C)C)cc4)ccc23)ccc1Cl. The maximum atomic E-state index is 13.2. The number of nitrogens with one attached hydrogen (secondary N) is 1. The van der Waals surface area contributed by atoms with Crippen molar-refractivity contribution < 1.29 is 19.1 Å². The smallest absolute Gasteiger partial charge is 0.346 e. The van der Waals surface area contributed by atoms with Crippen LogP contribution in [0.25, 0.3) is 10.9 Å². The fourth-order valence-electron chi connectivity index (χ4n) is 5.00. The summed E-state index contributed by atoms with van der Waals surface area (Å²) in [5.41, 5.74) is 7.25. The van der Waals surface area contributed by atoms with E-state index < -0.39 is 12.1 Å². The van der Waals surface area contributed by atoms with Crippen LogP contribution in [0.4, 0.5) is 0 Å². The molecule has 6 nitrogen and oxygen atoms in total. The Morgan fingerprint density at radius 3 is 2.32 bits per heavy atom. The number of hydrogen-bond acceptors (Lipinski definition) is 4. The zero-order chi connectivity index (χ0) is 30.1. The zero-order valence-corrected chi connectivity index (χ0v) is 25.8. The Morgan fingerprint density at radius 2 is 1.68 bits per heavy atom. The Hall–Kier alpha value is -3.77. The van der Waals surface area contributed by atoms with E-state index in [4.69, 9.17) is 21.1 Å². The minimum absolute atomic E-state index is 0.0825. The van der Waals surface area contributed by atoms with Crippen LogP contribution in [0.5, 0.6) is 5.75 Å². The highest BCUT2D eigenvalue weighted by Crippen LogP contribution is 2.32. The maximum Gasteiger partial charge on any atom is 0.346 e. The molecular weight excluding hydrogens is 536 g/mol. The van der Waals surface area contributed by atoms with Gasteiger partial charge in [0.15, 0.2) is 6.10 Å². The van der Waals surface area contributed by atoms with E-state index in [0.717, 1.165) is 33.3 Å². The second kappa shape index (κ2) is 12.0. The van der Waals surface area contributed by atoms with Gasteiger partial charge < -0.3 is 19.4 Å². The molecule has 4 aromatic rings. The van der Waals surface area contributed by atoms with Crippen LogP contribution in [0.1, 0.15) is 79.0 Å². The van der Waals surface area contributed by atoms with Gasteiger partial charge in [-0.05, 0) is 79.1 Å². The van der Waals surface area contributed by atoms with Crippen LogP contribution in [0.3, 0.4) is 0 Å². The number of aryl methyl sites for hydroxylation is 1. The highest BCUT2D eigenvalue weighted by Gasteiger charge is 2.20. The Bertz CT molecular complexity index is 1580. The van der Waals surface area contributed by atoms with Crippen molar-refractivity contribution >= 4 is 34.4 Å². The van der Waals surface area contributed by atoms with Crippen molar-refractivity contribution in [2.75, 3.05) is 7.11 Å². The fourth-order valence-corrected chi connectivity index (χ4v) is 5.16. The number of hydrogen-bond donors (Lipinski definition) is 1. The van der Waals surface area contributed by atoms with Gasteiger partial charge in [-0.15, -0.1) is 0 Å². The molecule has 0 fully saturated rings. The van der Waals surface area contributed by atoms with E-state index in [1.165, 1.54) is 12.7 Å². The third kappa shape index (κ3) is 6.59. The molecule has 0 aliphatic rings. The molecule has 2 atom stereocenters. The standard InChI is InChI=1S/C34H39ClN2O4/c1-20(24-10-13-26(14-11-24)34(4,5)6)36-32(38)25-12-15-27-28(21(2)37(7)30(27)19-25)17-23-9-16-29(35)31(18-23)41-22(3)33(39)40-8/h9-16,18-20,22H,17H2,1-8H3,(H,36,38)/t20-,22+/m0/s1. The molecule has 1 heterocycles. The molecule has 7 heteroatoms. The lowest BCUT2D eigenvalue weighted by atomic mass is 9.86. The molecule has 4 rings (SSSR count). The van der Waals surface area contributed by atoms with Crippen molar-refractivity contribution in [2.24, 2.45) is 7.05 Å². The van der Waals surface area contributed by atoms with Gasteiger partial charge >= 0.3 is 5.97 Å². The molecule has 0 aliphatic heterocycles. The van der Waals surface area contributed by atoms with Gasteiger partial charge in [-0.1, -0.05) is 68.8 Å². The first-order chi connectivity index (χ1) is 19.3. The zero-order valence-electron chi connectivity index (χ0n) is 25.1. The van der Waals surface area contributed by atoms with Crippen LogP contribution in [0.2, 0.25) is 5.02 Å². The molecule has 3 aromatic carbocycles. The molecule has 0 unspecified atom stereocenters. The van der Waals surface area contributed by atoms with E-state index in [9.17, 15) is 9.59 Å². The number of nitrogens with zero attached hydrogens (tertiary/aromatic N) is 1. The molecule has 0 bridgehead atoms. The lowest BCUT2D eigenvalue weighted by Gasteiger charge is -2.20. The van der Waals surface area contributed by atoms with E-state index in [2.05, 4.69) is 61.8 Å². The number of fused-ring (bicyclic) bond motifs is 1. The molecule has 0 saturated carbocycles. The molecule has 0 radical (unpaired) electrons. The first-order valence-electron chi connectivity index (χ1n) is 13.8. The maximum absolute atomic E-state index is 13.2. The second-order valence-corrected chi connectivity index (χ2v) is 12.1. The minimum Gasteiger partial charge on any atom is -0.477 e. The average molecular weight is 575 g/mol. The average Bonchev–Trinajstić information content (AvgIpc) is 3.17. The Morgan fingerprint density at radius 1 is 1.00 bits per heavy atom. The number of rotatable bonds is 8. The van der Waals surface area contributed by atoms with Crippen molar-refractivity contribution in [3.8, 4) is 5.75 Å². The number of aromatic nitrogens is 1. The monoisotopic (exact) mass is 574 g/mol. The van der Waals surface area contributed by atoms with E-state index in [-0.39, 0.29) is 17.4 Å². The molecule has 1 amide bonds. The van der Waals surface area contributed by atoms with E-state index in [1.807, 2.05) is 44.3 Å². The van der Waals surface area contributed by atoms with Gasteiger partial charge in [0.05, 0.1) is 18.2 Å². The van der Waals surface area contributed by atoms with Crippen LogP contribution in [-0.4, -0.2) is 29.7 Å². The Kier molecular flexibility index (Phi) is 8.83. The minimum atomic E-state index is -0.776. The quantitative estimate of drug-likeness (QED) is 0.222. The molecule has 0 spiro atoms. The first kappa shape index (κ1) is 30.2. The van der Waals surface area contributed by atoms with Gasteiger partial charge in [-0.3, -0.25) is 4.79 Å². The van der Waals surface area contributed by atoms with E-state index in [0.29, 0.717) is 22.8 Å². The number of carbonyl (C=O) groups excluding carboxylic acids is 2. The normalized spacial score (nSPS) is 13.1. The molecule has 41 heavy (non-hydrogen) atoms. The van der Waals surface area contributed by atoms with E-state index >= 15 is 0 Å². The molecular formula is C34H39ClN2O4. The number of benzene rings is 3. The third-order valence-electron chi connectivity index (χ3n) is 7.72. The summed E-state index contributed by atoms with van der Waals surface area (Å²) in [5, 5.41) is 4.65. The largest absolute Gasteiger partial charge is 0.477 e. The van der Waals surface area contributed by atoms with Gasteiger partial charge in [-0.2, -0.15) is 0 Å². The van der Waals surface area contributed by atoms with Crippen LogP contribution in [0, 0.1) is 6.92 Å². The van der Waals surface area contributed by atoms with Crippen molar-refractivity contribution in [3.05, 3.63) is 99.2 Å². The second-order valence-electron chi connectivity index (χ2n) is 11.6. The van der Waals surface area contributed by atoms with Crippen molar-refractivity contribution in [2.45, 2.75) is 65.5 Å². The van der Waals surface area contributed by atoms with Crippen LogP contribution in [0.15, 0.2) is 60.7 Å². The highest BCUT2D eigenvalue weighted by atomic mass is 35.5. The van der Waals surface area contributed by atoms with Gasteiger partial charge in [0.25, 0.3) is 5.91 Å². The first-order valence-corrected chi connectivity index (χ1v) is 14.2. The topological polar surface area (TPSA) is 69.6 Å². The number of ether oxygens (including phenoxy) is 2. The van der Waals surface area contributed by atoms with Crippen molar-refractivity contribution in [3.63, 3.8) is 0 Å². The van der Waals surface area contributed by atoms with Gasteiger partial charge in [-0.25, -0.2) is 4.79 Å². The Balaban J connectivity index is 1.55. The fraction of sp³-hybridized carbons (Fsp3) is 0.353. The predicted molar refractivity (Wildman–Crippen MR) is 165 cm³/mol. The van der Waals surface area contributed by atoms with Crippen molar-refractivity contribution in [1.29, 1.82) is 0 Å². The number of carbonyl (C=O) groups is 2. The molecule has 0 aliphatic carbocycles. The predicted octanol–water partition coefficient (Wildman–Crippen LogP) is 7.46. The molecule has 1 aromatic heterocycles. The number of methoxy groups -OCH3 is 1. The Labute approximate surface area is 247 Å². The summed E-state index contributed by atoms with van der Waals surface area (Å²) in [6, 6.07) is 19.7. The lowest BCUT2D eigenvalue weighted by molar-refractivity contribution is -0.147.